The van der Waals surface area contributed by atoms with Gasteiger partial charge >= 0.3 is 0 Å². The molecule has 0 heterocycles. The van der Waals surface area contributed by atoms with Crippen molar-refractivity contribution < 1.29 is 4.74 Å². The summed E-state index contributed by atoms with van der Waals surface area (Å²) in [4.78, 5) is 0. The summed E-state index contributed by atoms with van der Waals surface area (Å²) >= 11 is 0. The van der Waals surface area contributed by atoms with Crippen molar-refractivity contribution in [3.05, 3.63) is 65.2 Å². The lowest BCUT2D eigenvalue weighted by molar-refractivity contribution is 0.102. The van der Waals surface area contributed by atoms with Crippen molar-refractivity contribution in [2.24, 2.45) is 11.8 Å². The monoisotopic (exact) mass is 351 g/mol. The highest BCUT2D eigenvalue weighted by molar-refractivity contribution is 5.27. The molecule has 2 nitrogen and oxygen atoms in total. The highest BCUT2D eigenvalue weighted by Crippen LogP contribution is 2.32. The zero-order valence-corrected chi connectivity index (χ0v) is 16.5. The van der Waals surface area contributed by atoms with E-state index in [1.165, 1.54) is 42.4 Å². The minimum absolute atomic E-state index is 0.370. The van der Waals surface area contributed by atoms with E-state index in [0.29, 0.717) is 12.0 Å². The number of nitrogens with one attached hydrogen (secondary N) is 1. The minimum atomic E-state index is 0.370. The van der Waals surface area contributed by atoms with Crippen LogP contribution in [0.3, 0.4) is 0 Å². The summed E-state index contributed by atoms with van der Waals surface area (Å²) in [6.45, 7) is 8.69. The van der Waals surface area contributed by atoms with Crippen LogP contribution in [0.4, 0.5) is 0 Å². The predicted octanol–water partition coefficient (Wildman–Crippen LogP) is 5.67. The third-order valence-electron chi connectivity index (χ3n) is 5.68. The number of hydrogen-bond acceptors (Lipinski definition) is 2. The summed E-state index contributed by atoms with van der Waals surface area (Å²) in [5, 5.41) is 3.65. The standard InChI is InChI=1S/C24H33NO/c1-18-10-12-21(13-11-18)17-25-16-20(3)22-7-5-9-24(15-22)26-23-8-4-6-19(2)14-23/h4,6,8,10-14,20,22,24-25H,5,7,9,15-17H2,1-3H3/t20-,22+,24-/m1/s1. The lowest BCUT2D eigenvalue weighted by Gasteiger charge is -2.33. The summed E-state index contributed by atoms with van der Waals surface area (Å²) < 4.78 is 6.28. The van der Waals surface area contributed by atoms with Crippen LogP contribution >= 0.6 is 0 Å². The smallest absolute Gasteiger partial charge is 0.119 e. The maximum atomic E-state index is 6.28. The van der Waals surface area contributed by atoms with Crippen LogP contribution in [0, 0.1) is 25.7 Å². The first kappa shape index (κ1) is 19.0. The van der Waals surface area contributed by atoms with E-state index < -0.39 is 0 Å². The van der Waals surface area contributed by atoms with Crippen molar-refractivity contribution in [2.75, 3.05) is 6.54 Å². The van der Waals surface area contributed by atoms with E-state index in [9.17, 15) is 0 Å². The SMILES string of the molecule is Cc1ccc(CNC[C@@H](C)[C@H]2CCC[C@@H](Oc3cccc(C)c3)C2)cc1. The average Bonchev–Trinajstić information content (AvgIpc) is 2.63. The van der Waals surface area contributed by atoms with Gasteiger partial charge in [-0.2, -0.15) is 0 Å². The third kappa shape index (κ3) is 5.60. The molecule has 1 fully saturated rings. The van der Waals surface area contributed by atoms with Gasteiger partial charge in [-0.15, -0.1) is 0 Å². The molecular formula is C24H33NO. The molecule has 1 saturated carbocycles. The molecule has 3 rings (SSSR count). The molecule has 2 heteroatoms. The summed E-state index contributed by atoms with van der Waals surface area (Å²) in [6.07, 6.45) is 5.36. The molecule has 26 heavy (non-hydrogen) atoms. The number of rotatable bonds is 7. The Kier molecular flexibility index (Phi) is 6.73. The van der Waals surface area contributed by atoms with E-state index in [2.05, 4.69) is 74.6 Å². The molecule has 0 aromatic heterocycles. The van der Waals surface area contributed by atoms with Gasteiger partial charge in [-0.3, -0.25) is 0 Å². The fourth-order valence-electron chi connectivity index (χ4n) is 4.00. The molecule has 1 aliphatic carbocycles. The second-order valence-electron chi connectivity index (χ2n) is 8.08. The van der Waals surface area contributed by atoms with Crippen molar-refractivity contribution in [1.82, 2.24) is 5.32 Å². The van der Waals surface area contributed by atoms with E-state index >= 15 is 0 Å². The highest BCUT2D eigenvalue weighted by Gasteiger charge is 2.27. The molecule has 0 saturated heterocycles. The topological polar surface area (TPSA) is 21.3 Å². The first-order valence-electron chi connectivity index (χ1n) is 10.1. The highest BCUT2D eigenvalue weighted by atomic mass is 16.5. The first-order chi connectivity index (χ1) is 12.6. The Balaban J connectivity index is 1.45. The second kappa shape index (κ2) is 9.23. The van der Waals surface area contributed by atoms with E-state index in [4.69, 9.17) is 4.74 Å². The molecule has 0 bridgehead atoms. The van der Waals surface area contributed by atoms with Gasteiger partial charge in [0, 0.05) is 6.54 Å². The normalized spacial score (nSPS) is 21.3. The Morgan fingerprint density at radius 3 is 2.62 bits per heavy atom. The summed E-state index contributed by atoms with van der Waals surface area (Å²) in [5.74, 6) is 2.47. The van der Waals surface area contributed by atoms with Crippen LogP contribution in [0.25, 0.3) is 0 Å². The van der Waals surface area contributed by atoms with E-state index in [1.807, 2.05) is 0 Å². The third-order valence-corrected chi connectivity index (χ3v) is 5.68. The van der Waals surface area contributed by atoms with Gasteiger partial charge in [-0.05, 0) is 81.2 Å². The Morgan fingerprint density at radius 2 is 1.85 bits per heavy atom. The molecular weight excluding hydrogens is 318 g/mol. The molecule has 2 aromatic carbocycles. The maximum absolute atomic E-state index is 6.28. The van der Waals surface area contributed by atoms with E-state index in [1.54, 1.807) is 0 Å². The van der Waals surface area contributed by atoms with Crippen LogP contribution in [0.15, 0.2) is 48.5 Å². The molecule has 1 N–H and O–H groups in total. The van der Waals surface area contributed by atoms with E-state index in [0.717, 1.165) is 24.8 Å². The van der Waals surface area contributed by atoms with E-state index in [-0.39, 0.29) is 0 Å². The summed E-state index contributed by atoms with van der Waals surface area (Å²) in [5.41, 5.74) is 3.96. The van der Waals surface area contributed by atoms with Gasteiger partial charge < -0.3 is 10.1 Å². The van der Waals surface area contributed by atoms with Crippen LogP contribution in [0.1, 0.15) is 49.3 Å². The first-order valence-corrected chi connectivity index (χ1v) is 10.1. The van der Waals surface area contributed by atoms with Gasteiger partial charge in [0.25, 0.3) is 0 Å². The fraction of sp³-hybridized carbons (Fsp3) is 0.500. The number of ether oxygens (including phenoxy) is 1. The molecule has 0 radical (unpaired) electrons. The van der Waals surface area contributed by atoms with Crippen LogP contribution in [-0.2, 0) is 6.54 Å². The molecule has 0 spiro atoms. The van der Waals surface area contributed by atoms with Gasteiger partial charge in [0.15, 0.2) is 0 Å². The molecule has 0 unspecified atom stereocenters. The molecule has 0 aliphatic heterocycles. The Morgan fingerprint density at radius 1 is 1.04 bits per heavy atom. The van der Waals surface area contributed by atoms with Crippen LogP contribution < -0.4 is 10.1 Å². The summed E-state index contributed by atoms with van der Waals surface area (Å²) in [7, 11) is 0. The number of benzene rings is 2. The Labute approximate surface area is 159 Å². The molecule has 3 atom stereocenters. The van der Waals surface area contributed by atoms with Crippen molar-refractivity contribution in [2.45, 2.75) is 59.1 Å². The van der Waals surface area contributed by atoms with Crippen LogP contribution in [0.5, 0.6) is 5.75 Å². The van der Waals surface area contributed by atoms with Crippen molar-refractivity contribution in [3.63, 3.8) is 0 Å². The lowest BCUT2D eigenvalue weighted by atomic mass is 9.79. The number of hydrogen-bond donors (Lipinski definition) is 1. The lowest BCUT2D eigenvalue weighted by Crippen LogP contribution is -2.33. The molecule has 0 amide bonds. The van der Waals surface area contributed by atoms with Gasteiger partial charge in [0.1, 0.15) is 5.75 Å². The molecule has 140 valence electrons. The predicted molar refractivity (Wildman–Crippen MR) is 110 cm³/mol. The zero-order chi connectivity index (χ0) is 18.4. The maximum Gasteiger partial charge on any atom is 0.119 e. The van der Waals surface area contributed by atoms with Crippen LogP contribution in [-0.4, -0.2) is 12.6 Å². The average molecular weight is 352 g/mol. The van der Waals surface area contributed by atoms with Crippen molar-refractivity contribution >= 4 is 0 Å². The number of aryl methyl sites for hydroxylation is 2. The van der Waals surface area contributed by atoms with Gasteiger partial charge in [0.05, 0.1) is 6.10 Å². The van der Waals surface area contributed by atoms with Gasteiger partial charge in [-0.1, -0.05) is 48.9 Å². The van der Waals surface area contributed by atoms with Crippen molar-refractivity contribution in [3.8, 4) is 5.75 Å². The zero-order valence-electron chi connectivity index (χ0n) is 16.5. The second-order valence-corrected chi connectivity index (χ2v) is 8.08. The van der Waals surface area contributed by atoms with Crippen molar-refractivity contribution in [1.29, 1.82) is 0 Å². The Bertz CT molecular complexity index is 679. The molecule has 1 aliphatic rings. The quantitative estimate of drug-likeness (QED) is 0.694. The Hall–Kier alpha value is -1.80. The van der Waals surface area contributed by atoms with Crippen LogP contribution in [0.2, 0.25) is 0 Å². The minimum Gasteiger partial charge on any atom is -0.490 e. The molecule has 2 aromatic rings. The summed E-state index contributed by atoms with van der Waals surface area (Å²) in [6, 6.07) is 17.3. The van der Waals surface area contributed by atoms with Gasteiger partial charge in [0.2, 0.25) is 0 Å². The van der Waals surface area contributed by atoms with Gasteiger partial charge in [-0.25, -0.2) is 0 Å². The largest absolute Gasteiger partial charge is 0.490 e. The fourth-order valence-corrected chi connectivity index (χ4v) is 4.00.